The first-order valence-corrected chi connectivity index (χ1v) is 5.70. The molecule has 0 amide bonds. The molecule has 88 valence electrons. The number of rotatable bonds is 2. The number of aryl methyl sites for hydroxylation is 1. The van der Waals surface area contributed by atoms with Gasteiger partial charge in [0.2, 0.25) is 0 Å². The van der Waals surface area contributed by atoms with E-state index in [0.717, 1.165) is 5.69 Å². The number of nitrogens with zero attached hydrogens (tertiary/aromatic N) is 2. The van der Waals surface area contributed by atoms with Gasteiger partial charge in [0.05, 0.1) is 11.2 Å². The predicted octanol–water partition coefficient (Wildman–Crippen LogP) is 3.29. The molecule has 1 aliphatic rings. The smallest absolute Gasteiger partial charge is 0.111 e. The Kier molecular flexibility index (Phi) is 3.20. The lowest BCUT2D eigenvalue weighted by Crippen LogP contribution is -2.45. The monoisotopic (exact) mass is 227 g/mol. The lowest BCUT2D eigenvalue weighted by Gasteiger charge is -2.26. The van der Waals surface area contributed by atoms with Crippen molar-refractivity contribution in [3.63, 3.8) is 0 Å². The van der Waals surface area contributed by atoms with Crippen molar-refractivity contribution >= 4 is 5.69 Å². The van der Waals surface area contributed by atoms with Gasteiger partial charge in [0.1, 0.15) is 6.04 Å². The van der Waals surface area contributed by atoms with Crippen molar-refractivity contribution in [3.05, 3.63) is 54.1 Å². The van der Waals surface area contributed by atoms with Gasteiger partial charge in [-0.05, 0) is 31.5 Å². The summed E-state index contributed by atoms with van der Waals surface area (Å²) >= 11 is 0. The van der Waals surface area contributed by atoms with Crippen LogP contribution in [0.3, 0.4) is 0 Å². The third-order valence-electron chi connectivity index (χ3n) is 2.80. The van der Waals surface area contributed by atoms with Crippen LogP contribution in [-0.4, -0.2) is 11.6 Å². The fourth-order valence-corrected chi connectivity index (χ4v) is 1.72. The Balaban J connectivity index is 2.16. The number of nitrogens with two attached hydrogens (primary N) is 1. The highest BCUT2D eigenvalue weighted by molar-refractivity contribution is 5.39. The Labute approximate surface area is 102 Å². The first-order chi connectivity index (χ1) is 8.08. The van der Waals surface area contributed by atoms with Gasteiger partial charge < -0.3 is 5.73 Å². The molecule has 1 aromatic rings. The largest absolute Gasteiger partial charge is 0.320 e. The molecule has 2 atom stereocenters. The normalized spacial score (nSPS) is 27.8. The first-order valence-electron chi connectivity index (χ1n) is 5.70. The summed E-state index contributed by atoms with van der Waals surface area (Å²) in [5, 5.41) is 8.56. The van der Waals surface area contributed by atoms with E-state index in [9.17, 15) is 0 Å². The molecule has 0 radical (unpaired) electrons. The third-order valence-corrected chi connectivity index (χ3v) is 2.80. The summed E-state index contributed by atoms with van der Waals surface area (Å²) in [5.74, 6) is 0. The second kappa shape index (κ2) is 4.63. The maximum atomic E-state index is 6.12. The van der Waals surface area contributed by atoms with Crippen LogP contribution in [0.1, 0.15) is 12.5 Å². The SMILES string of the molecule is Cc1cccc(N=NC2C=CC=CC2(C)N)c1. The highest BCUT2D eigenvalue weighted by Gasteiger charge is 2.26. The number of hydrogen-bond donors (Lipinski definition) is 1. The van der Waals surface area contributed by atoms with Crippen LogP contribution in [0, 0.1) is 6.92 Å². The van der Waals surface area contributed by atoms with Crippen LogP contribution in [0.4, 0.5) is 5.69 Å². The Bertz CT molecular complexity index is 484. The summed E-state index contributed by atoms with van der Waals surface area (Å²) in [7, 11) is 0. The van der Waals surface area contributed by atoms with Crippen LogP contribution in [0.15, 0.2) is 58.8 Å². The van der Waals surface area contributed by atoms with Crippen molar-refractivity contribution in [2.75, 3.05) is 0 Å². The van der Waals surface area contributed by atoms with Gasteiger partial charge in [-0.3, -0.25) is 0 Å². The molecule has 0 bridgehead atoms. The summed E-state index contributed by atoms with van der Waals surface area (Å²) < 4.78 is 0. The van der Waals surface area contributed by atoms with E-state index in [1.165, 1.54) is 5.56 Å². The predicted molar refractivity (Wildman–Crippen MR) is 70.4 cm³/mol. The molecule has 0 spiro atoms. The topological polar surface area (TPSA) is 50.7 Å². The van der Waals surface area contributed by atoms with Crippen molar-refractivity contribution in [2.24, 2.45) is 16.0 Å². The van der Waals surface area contributed by atoms with E-state index in [1.807, 2.05) is 62.4 Å². The van der Waals surface area contributed by atoms with Gasteiger partial charge in [0, 0.05) is 0 Å². The van der Waals surface area contributed by atoms with Gasteiger partial charge in [0.15, 0.2) is 0 Å². The van der Waals surface area contributed by atoms with Crippen LogP contribution in [0.2, 0.25) is 0 Å². The number of hydrogen-bond acceptors (Lipinski definition) is 3. The number of benzene rings is 1. The van der Waals surface area contributed by atoms with E-state index in [-0.39, 0.29) is 6.04 Å². The fourth-order valence-electron chi connectivity index (χ4n) is 1.72. The molecule has 0 aliphatic heterocycles. The molecule has 2 rings (SSSR count). The molecule has 2 N–H and O–H groups in total. The van der Waals surface area contributed by atoms with E-state index in [2.05, 4.69) is 10.2 Å². The second-order valence-electron chi connectivity index (χ2n) is 4.61. The highest BCUT2D eigenvalue weighted by atomic mass is 15.1. The summed E-state index contributed by atoms with van der Waals surface area (Å²) in [5.41, 5.74) is 7.71. The van der Waals surface area contributed by atoms with Crippen molar-refractivity contribution in [2.45, 2.75) is 25.4 Å². The zero-order valence-corrected chi connectivity index (χ0v) is 10.2. The maximum absolute atomic E-state index is 6.12. The Morgan fingerprint density at radius 1 is 1.29 bits per heavy atom. The molecule has 0 fully saturated rings. The van der Waals surface area contributed by atoms with Crippen molar-refractivity contribution < 1.29 is 0 Å². The molecule has 0 heterocycles. The minimum atomic E-state index is -0.456. The summed E-state index contributed by atoms with van der Waals surface area (Å²) in [6, 6.07) is 7.84. The Hall–Kier alpha value is -1.74. The van der Waals surface area contributed by atoms with Crippen molar-refractivity contribution in [1.82, 2.24) is 0 Å². The standard InChI is InChI=1S/C14H17N3/c1-11-6-5-7-12(10-11)16-17-13-8-3-4-9-14(13,2)15/h3-10,13H,15H2,1-2H3. The average Bonchev–Trinajstić information content (AvgIpc) is 2.27. The molecular formula is C14H17N3. The van der Waals surface area contributed by atoms with Crippen molar-refractivity contribution in [1.29, 1.82) is 0 Å². The lowest BCUT2D eigenvalue weighted by atomic mass is 9.90. The van der Waals surface area contributed by atoms with Crippen LogP contribution >= 0.6 is 0 Å². The van der Waals surface area contributed by atoms with E-state index >= 15 is 0 Å². The highest BCUT2D eigenvalue weighted by Crippen LogP contribution is 2.21. The van der Waals surface area contributed by atoms with Gasteiger partial charge >= 0.3 is 0 Å². The van der Waals surface area contributed by atoms with Gasteiger partial charge in [-0.1, -0.05) is 36.4 Å². The summed E-state index contributed by atoms with van der Waals surface area (Å²) in [6.45, 7) is 3.99. The molecule has 0 saturated heterocycles. The quantitative estimate of drug-likeness (QED) is 0.774. The lowest BCUT2D eigenvalue weighted by molar-refractivity contribution is 0.502. The zero-order chi connectivity index (χ0) is 12.3. The van der Waals surface area contributed by atoms with Crippen LogP contribution in [-0.2, 0) is 0 Å². The maximum Gasteiger partial charge on any atom is 0.111 e. The molecule has 0 aromatic heterocycles. The molecule has 2 unspecified atom stereocenters. The minimum absolute atomic E-state index is 0.104. The van der Waals surface area contributed by atoms with Gasteiger partial charge in [-0.2, -0.15) is 10.2 Å². The van der Waals surface area contributed by atoms with Crippen LogP contribution in [0.5, 0.6) is 0 Å². The molecule has 1 aromatic carbocycles. The van der Waals surface area contributed by atoms with Crippen molar-refractivity contribution in [3.8, 4) is 0 Å². The van der Waals surface area contributed by atoms with Crippen LogP contribution < -0.4 is 5.73 Å². The molecule has 0 saturated carbocycles. The molecule has 3 heteroatoms. The third kappa shape index (κ3) is 2.88. The van der Waals surface area contributed by atoms with Crippen LogP contribution in [0.25, 0.3) is 0 Å². The van der Waals surface area contributed by atoms with E-state index in [0.29, 0.717) is 0 Å². The number of allylic oxidation sites excluding steroid dienone is 2. The Morgan fingerprint density at radius 3 is 2.82 bits per heavy atom. The molecule has 1 aliphatic carbocycles. The van der Waals surface area contributed by atoms with E-state index < -0.39 is 5.54 Å². The Morgan fingerprint density at radius 2 is 2.12 bits per heavy atom. The van der Waals surface area contributed by atoms with E-state index in [4.69, 9.17) is 5.73 Å². The second-order valence-corrected chi connectivity index (χ2v) is 4.61. The molecule has 17 heavy (non-hydrogen) atoms. The summed E-state index contributed by atoms with van der Waals surface area (Å²) in [6.07, 6.45) is 7.82. The van der Waals surface area contributed by atoms with Gasteiger partial charge in [0.25, 0.3) is 0 Å². The van der Waals surface area contributed by atoms with Gasteiger partial charge in [-0.25, -0.2) is 0 Å². The first kappa shape index (κ1) is 11.7. The summed E-state index contributed by atoms with van der Waals surface area (Å²) in [4.78, 5) is 0. The number of azo groups is 1. The fraction of sp³-hybridized carbons (Fsp3) is 0.286. The average molecular weight is 227 g/mol. The zero-order valence-electron chi connectivity index (χ0n) is 10.2. The van der Waals surface area contributed by atoms with Gasteiger partial charge in [-0.15, -0.1) is 0 Å². The molecule has 3 nitrogen and oxygen atoms in total. The molecular weight excluding hydrogens is 210 g/mol. The minimum Gasteiger partial charge on any atom is -0.320 e. The van der Waals surface area contributed by atoms with E-state index in [1.54, 1.807) is 0 Å².